The molecule has 0 spiro atoms. The van der Waals surface area contributed by atoms with Crippen molar-refractivity contribution in [3.8, 4) is 11.1 Å². The van der Waals surface area contributed by atoms with Crippen molar-refractivity contribution in [1.82, 2.24) is 19.9 Å². The third-order valence-electron chi connectivity index (χ3n) is 3.82. The van der Waals surface area contributed by atoms with Gasteiger partial charge in [0.25, 0.3) is 0 Å². The Kier molecular flexibility index (Phi) is 5.58. The molecule has 0 saturated heterocycles. The van der Waals surface area contributed by atoms with Gasteiger partial charge in [-0.05, 0) is 19.8 Å². The molecule has 0 aromatic carbocycles. The van der Waals surface area contributed by atoms with E-state index in [9.17, 15) is 13.2 Å². The molecule has 0 aliphatic heterocycles. The fraction of sp³-hybridized carbons (Fsp3) is 0.467. The molecule has 0 amide bonds. The van der Waals surface area contributed by atoms with Crippen LogP contribution in [0.2, 0.25) is 0 Å². The zero-order chi connectivity index (χ0) is 16.4. The van der Waals surface area contributed by atoms with Gasteiger partial charge in [0, 0.05) is 35.8 Å². The van der Waals surface area contributed by atoms with Crippen LogP contribution in [-0.2, 0) is 6.18 Å². The summed E-state index contributed by atoms with van der Waals surface area (Å²) in [5.41, 5.74) is 1.06. The van der Waals surface area contributed by atoms with Gasteiger partial charge in [-0.3, -0.25) is 0 Å². The predicted molar refractivity (Wildman–Crippen MR) is 85.9 cm³/mol. The van der Waals surface area contributed by atoms with E-state index in [4.69, 9.17) is 0 Å². The molecule has 24 heavy (non-hydrogen) atoms. The molecule has 3 rings (SSSR count). The van der Waals surface area contributed by atoms with E-state index < -0.39 is 12.0 Å². The van der Waals surface area contributed by atoms with E-state index in [-0.39, 0.29) is 12.4 Å². The molecule has 1 N–H and O–H groups in total. The Balaban J connectivity index is 0.00000208. The molecule has 5 nitrogen and oxygen atoms in total. The van der Waals surface area contributed by atoms with Gasteiger partial charge in [-0.2, -0.15) is 13.2 Å². The first-order valence-electron chi connectivity index (χ1n) is 7.43. The highest BCUT2D eigenvalue weighted by molar-refractivity contribution is 5.85. The number of anilines is 1. The van der Waals surface area contributed by atoms with Gasteiger partial charge in [-0.25, -0.2) is 19.9 Å². The number of aromatic nitrogens is 4. The predicted octanol–water partition coefficient (Wildman–Crippen LogP) is 4.04. The van der Waals surface area contributed by atoms with Gasteiger partial charge in [0.1, 0.15) is 11.6 Å². The largest absolute Gasteiger partial charge is 0.451 e. The number of hydrogen-bond acceptors (Lipinski definition) is 5. The fourth-order valence-corrected chi connectivity index (χ4v) is 2.67. The molecule has 1 fully saturated rings. The number of halogens is 4. The van der Waals surface area contributed by atoms with Crippen molar-refractivity contribution in [2.45, 2.75) is 44.8 Å². The van der Waals surface area contributed by atoms with Gasteiger partial charge in [0.15, 0.2) is 0 Å². The number of nitrogens with one attached hydrogen (secondary N) is 1. The molecule has 1 aliphatic rings. The molecule has 0 radical (unpaired) electrons. The van der Waals surface area contributed by atoms with Gasteiger partial charge >= 0.3 is 6.18 Å². The highest BCUT2D eigenvalue weighted by Crippen LogP contribution is 2.30. The molecule has 0 bridgehead atoms. The van der Waals surface area contributed by atoms with Crippen LogP contribution in [0.5, 0.6) is 0 Å². The minimum absolute atomic E-state index is 0. The van der Waals surface area contributed by atoms with Gasteiger partial charge in [0.2, 0.25) is 5.82 Å². The average Bonchev–Trinajstić information content (AvgIpc) is 3.00. The Labute approximate surface area is 143 Å². The SMILES string of the molecule is Cc1ncc(-c2cnc(C(F)(F)F)nc2)c(NC2CCCC2)n1.Cl. The summed E-state index contributed by atoms with van der Waals surface area (Å²) in [7, 11) is 0. The lowest BCUT2D eigenvalue weighted by Crippen LogP contribution is -2.17. The number of alkyl halides is 3. The van der Waals surface area contributed by atoms with E-state index in [2.05, 4.69) is 25.3 Å². The molecular weight excluding hydrogens is 343 g/mol. The molecule has 9 heteroatoms. The van der Waals surface area contributed by atoms with Crippen molar-refractivity contribution in [2.24, 2.45) is 0 Å². The maximum atomic E-state index is 12.6. The molecule has 1 saturated carbocycles. The van der Waals surface area contributed by atoms with Gasteiger partial charge in [0.05, 0.1) is 0 Å². The van der Waals surface area contributed by atoms with Crippen LogP contribution in [-0.4, -0.2) is 26.0 Å². The second kappa shape index (κ2) is 7.29. The average molecular weight is 360 g/mol. The summed E-state index contributed by atoms with van der Waals surface area (Å²) in [6.07, 6.45) is 3.81. The van der Waals surface area contributed by atoms with Crippen LogP contribution in [0.25, 0.3) is 11.1 Å². The van der Waals surface area contributed by atoms with E-state index >= 15 is 0 Å². The molecule has 1 aliphatic carbocycles. The Morgan fingerprint density at radius 3 is 2.25 bits per heavy atom. The summed E-state index contributed by atoms with van der Waals surface area (Å²) in [4.78, 5) is 15.3. The zero-order valence-electron chi connectivity index (χ0n) is 13.0. The fourth-order valence-electron chi connectivity index (χ4n) is 2.67. The molecule has 2 aromatic rings. The Bertz CT molecular complexity index is 684. The Morgan fingerprint density at radius 1 is 1.04 bits per heavy atom. The van der Waals surface area contributed by atoms with Gasteiger partial charge in [-0.1, -0.05) is 12.8 Å². The van der Waals surface area contributed by atoms with Crippen LogP contribution >= 0.6 is 12.4 Å². The van der Waals surface area contributed by atoms with E-state index in [0.29, 0.717) is 28.8 Å². The quantitative estimate of drug-likeness (QED) is 0.896. The van der Waals surface area contributed by atoms with E-state index in [0.717, 1.165) is 25.2 Å². The van der Waals surface area contributed by atoms with Crippen LogP contribution in [0.15, 0.2) is 18.6 Å². The normalized spacial score (nSPS) is 15.2. The van der Waals surface area contributed by atoms with Gasteiger partial charge < -0.3 is 5.32 Å². The number of nitrogens with zero attached hydrogens (tertiary/aromatic N) is 4. The van der Waals surface area contributed by atoms with Crippen molar-refractivity contribution in [1.29, 1.82) is 0 Å². The summed E-state index contributed by atoms with van der Waals surface area (Å²) < 4.78 is 37.7. The molecule has 2 aromatic heterocycles. The van der Waals surface area contributed by atoms with Gasteiger partial charge in [-0.15, -0.1) is 12.4 Å². The smallest absolute Gasteiger partial charge is 0.367 e. The maximum absolute atomic E-state index is 12.6. The minimum atomic E-state index is -4.55. The number of rotatable bonds is 3. The summed E-state index contributed by atoms with van der Waals surface area (Å²) in [5, 5.41) is 3.36. The zero-order valence-corrected chi connectivity index (χ0v) is 13.8. The highest BCUT2D eigenvalue weighted by Gasteiger charge is 2.34. The standard InChI is InChI=1S/C15H16F3N5.ClH/c1-9-19-8-12(13(22-9)23-11-4-2-3-5-11)10-6-20-14(21-7-10)15(16,17)18;/h6-8,11H,2-5H2,1H3,(H,19,22,23);1H. The van der Waals surface area contributed by atoms with Crippen molar-refractivity contribution >= 4 is 18.2 Å². The topological polar surface area (TPSA) is 63.6 Å². The van der Waals surface area contributed by atoms with Crippen molar-refractivity contribution < 1.29 is 13.2 Å². The first-order valence-corrected chi connectivity index (χ1v) is 7.43. The second-order valence-electron chi connectivity index (χ2n) is 5.60. The molecule has 0 unspecified atom stereocenters. The summed E-state index contributed by atoms with van der Waals surface area (Å²) in [6.45, 7) is 1.77. The lowest BCUT2D eigenvalue weighted by molar-refractivity contribution is -0.144. The van der Waals surface area contributed by atoms with Crippen molar-refractivity contribution in [3.05, 3.63) is 30.2 Å². The van der Waals surface area contributed by atoms with Crippen LogP contribution in [0.3, 0.4) is 0 Å². The highest BCUT2D eigenvalue weighted by atomic mass is 35.5. The number of aryl methyl sites for hydroxylation is 1. The third kappa shape index (κ3) is 4.11. The van der Waals surface area contributed by atoms with E-state index in [1.165, 1.54) is 12.8 Å². The van der Waals surface area contributed by atoms with Crippen molar-refractivity contribution in [2.75, 3.05) is 5.32 Å². The third-order valence-corrected chi connectivity index (χ3v) is 3.82. The first kappa shape index (κ1) is 18.4. The molecule has 2 heterocycles. The van der Waals surface area contributed by atoms with Crippen LogP contribution in [0, 0.1) is 6.92 Å². The molecule has 0 atom stereocenters. The second-order valence-corrected chi connectivity index (χ2v) is 5.60. The number of hydrogen-bond donors (Lipinski definition) is 1. The minimum Gasteiger partial charge on any atom is -0.367 e. The Hall–Kier alpha value is -1.96. The van der Waals surface area contributed by atoms with Crippen LogP contribution < -0.4 is 5.32 Å². The Morgan fingerprint density at radius 2 is 1.67 bits per heavy atom. The monoisotopic (exact) mass is 359 g/mol. The summed E-state index contributed by atoms with van der Waals surface area (Å²) in [6, 6.07) is 0.332. The maximum Gasteiger partial charge on any atom is 0.451 e. The lowest BCUT2D eigenvalue weighted by Gasteiger charge is -2.16. The first-order chi connectivity index (χ1) is 10.9. The van der Waals surface area contributed by atoms with E-state index in [1.807, 2.05) is 0 Å². The molecule has 130 valence electrons. The summed E-state index contributed by atoms with van der Waals surface area (Å²) >= 11 is 0. The van der Waals surface area contributed by atoms with Crippen molar-refractivity contribution in [3.63, 3.8) is 0 Å². The summed E-state index contributed by atoms with van der Waals surface area (Å²) in [5.74, 6) is 0.0643. The van der Waals surface area contributed by atoms with Crippen LogP contribution in [0.1, 0.15) is 37.3 Å². The van der Waals surface area contributed by atoms with Crippen LogP contribution in [0.4, 0.5) is 19.0 Å². The molecular formula is C15H17ClF3N5. The van der Waals surface area contributed by atoms with E-state index in [1.54, 1.807) is 13.1 Å². The lowest BCUT2D eigenvalue weighted by atomic mass is 10.1.